The molecule has 2 aromatic rings. The van der Waals surface area contributed by atoms with Crippen molar-refractivity contribution in [2.24, 2.45) is 11.8 Å². The Morgan fingerprint density at radius 2 is 1.13 bits per heavy atom. The maximum atomic E-state index is 12.8. The summed E-state index contributed by atoms with van der Waals surface area (Å²) in [5, 5.41) is 21.2. The summed E-state index contributed by atoms with van der Waals surface area (Å²) in [4.78, 5) is 12.8. The molecule has 4 atom stereocenters. The van der Waals surface area contributed by atoms with Gasteiger partial charge in [0.2, 0.25) is 0 Å². The van der Waals surface area contributed by atoms with Crippen molar-refractivity contribution >= 4 is 5.78 Å². The Morgan fingerprint density at radius 1 is 0.739 bits per heavy atom. The van der Waals surface area contributed by atoms with Gasteiger partial charge in [0.25, 0.3) is 0 Å². The fourth-order valence-corrected chi connectivity index (χ4v) is 3.51. The van der Waals surface area contributed by atoms with Crippen molar-refractivity contribution in [3.05, 3.63) is 71.8 Å². The number of ketones is 1. The molecule has 3 heteroatoms. The number of rotatable bonds is 4. The summed E-state index contributed by atoms with van der Waals surface area (Å²) in [7, 11) is 0. The van der Waals surface area contributed by atoms with E-state index in [0.717, 1.165) is 17.5 Å². The minimum Gasteiger partial charge on any atom is -0.388 e. The summed E-state index contributed by atoms with van der Waals surface area (Å²) in [5.41, 5.74) is 1.53. The van der Waals surface area contributed by atoms with Gasteiger partial charge in [-0.2, -0.15) is 0 Å². The highest BCUT2D eigenvalue weighted by atomic mass is 16.3. The number of aliphatic hydroxyl groups excluding tert-OH is 2. The van der Waals surface area contributed by atoms with Crippen molar-refractivity contribution in [2.75, 3.05) is 0 Å². The summed E-state index contributed by atoms with van der Waals surface area (Å²) in [6.45, 7) is 0. The molecular weight excluding hydrogens is 288 g/mol. The van der Waals surface area contributed by atoms with Crippen molar-refractivity contribution < 1.29 is 15.0 Å². The van der Waals surface area contributed by atoms with E-state index in [-0.39, 0.29) is 5.78 Å². The number of Topliss-reactive ketones (excluding diaryl/α,β-unsaturated/α-hetero) is 1. The zero-order chi connectivity index (χ0) is 16.2. The summed E-state index contributed by atoms with van der Waals surface area (Å²) in [6, 6.07) is 18.6. The quantitative estimate of drug-likeness (QED) is 0.909. The lowest BCUT2D eigenvalue weighted by atomic mass is 9.73. The Hall–Kier alpha value is -1.97. The smallest absolute Gasteiger partial charge is 0.144 e. The van der Waals surface area contributed by atoms with Gasteiger partial charge in [-0.05, 0) is 24.0 Å². The van der Waals surface area contributed by atoms with Crippen LogP contribution in [0.1, 0.15) is 42.6 Å². The molecule has 3 nitrogen and oxygen atoms in total. The Kier molecular flexibility index (Phi) is 4.89. The van der Waals surface area contributed by atoms with E-state index < -0.39 is 24.0 Å². The fourth-order valence-electron chi connectivity index (χ4n) is 3.51. The standard InChI is InChI=1S/C20H22O3/c21-18(14-8-3-1-4-9-14)16-12-7-13-17(20(16)23)19(22)15-10-5-2-6-11-15/h1-6,8-11,16-19,21-22H,7,12-13H2/t16-,17+,18-,19+. The molecule has 120 valence electrons. The molecule has 3 rings (SSSR count). The normalized spacial score (nSPS) is 24.2. The van der Waals surface area contributed by atoms with Crippen LogP contribution in [0, 0.1) is 11.8 Å². The lowest BCUT2D eigenvalue weighted by Crippen LogP contribution is -2.35. The van der Waals surface area contributed by atoms with Gasteiger partial charge in [0, 0.05) is 11.8 Å². The Labute approximate surface area is 136 Å². The second-order valence-corrected chi connectivity index (χ2v) is 6.26. The molecule has 0 amide bonds. The van der Waals surface area contributed by atoms with E-state index in [4.69, 9.17) is 0 Å². The van der Waals surface area contributed by atoms with Gasteiger partial charge in [-0.25, -0.2) is 0 Å². The molecule has 1 aliphatic carbocycles. The molecule has 0 saturated heterocycles. The van der Waals surface area contributed by atoms with Gasteiger partial charge in [-0.3, -0.25) is 4.79 Å². The van der Waals surface area contributed by atoms with E-state index in [1.54, 1.807) is 0 Å². The van der Waals surface area contributed by atoms with Crippen LogP contribution in [0.25, 0.3) is 0 Å². The number of carbonyl (C=O) groups is 1. The second kappa shape index (κ2) is 7.07. The average molecular weight is 310 g/mol. The Bertz CT molecular complexity index is 583. The van der Waals surface area contributed by atoms with Crippen molar-refractivity contribution in [3.8, 4) is 0 Å². The monoisotopic (exact) mass is 310 g/mol. The fraction of sp³-hybridized carbons (Fsp3) is 0.350. The Balaban J connectivity index is 1.79. The number of hydrogen-bond acceptors (Lipinski definition) is 3. The molecule has 0 unspecified atom stereocenters. The number of benzene rings is 2. The summed E-state index contributed by atoms with van der Waals surface area (Å²) in [5.74, 6) is -0.895. The molecule has 1 fully saturated rings. The number of aliphatic hydroxyl groups is 2. The highest BCUT2D eigenvalue weighted by molar-refractivity contribution is 5.85. The number of hydrogen-bond donors (Lipinski definition) is 2. The van der Waals surface area contributed by atoms with Crippen LogP contribution in [0.2, 0.25) is 0 Å². The molecule has 1 saturated carbocycles. The van der Waals surface area contributed by atoms with Crippen molar-refractivity contribution in [3.63, 3.8) is 0 Å². The summed E-state index contributed by atoms with van der Waals surface area (Å²) < 4.78 is 0. The largest absolute Gasteiger partial charge is 0.388 e. The predicted molar refractivity (Wildman–Crippen MR) is 88.6 cm³/mol. The molecule has 0 spiro atoms. The highest BCUT2D eigenvalue weighted by Crippen LogP contribution is 2.39. The minimum atomic E-state index is -0.797. The highest BCUT2D eigenvalue weighted by Gasteiger charge is 2.39. The lowest BCUT2D eigenvalue weighted by Gasteiger charge is -2.33. The van der Waals surface area contributed by atoms with E-state index in [9.17, 15) is 15.0 Å². The molecular formula is C20H22O3. The van der Waals surface area contributed by atoms with Gasteiger partial charge in [0.05, 0.1) is 12.2 Å². The average Bonchev–Trinajstić information content (AvgIpc) is 2.62. The Morgan fingerprint density at radius 3 is 1.52 bits per heavy atom. The third-order valence-corrected chi connectivity index (χ3v) is 4.81. The van der Waals surface area contributed by atoms with Crippen molar-refractivity contribution in [1.29, 1.82) is 0 Å². The predicted octanol–water partition coefficient (Wildman–Crippen LogP) is 3.44. The molecule has 0 radical (unpaired) electrons. The van der Waals surface area contributed by atoms with E-state index in [2.05, 4.69) is 0 Å². The van der Waals surface area contributed by atoms with Gasteiger partial charge in [-0.1, -0.05) is 67.1 Å². The van der Waals surface area contributed by atoms with E-state index in [1.165, 1.54) is 0 Å². The first kappa shape index (κ1) is 15.9. The van der Waals surface area contributed by atoms with Gasteiger partial charge >= 0.3 is 0 Å². The van der Waals surface area contributed by atoms with Gasteiger partial charge < -0.3 is 10.2 Å². The number of carbonyl (C=O) groups excluding carboxylic acids is 1. The van der Waals surface area contributed by atoms with Crippen LogP contribution in [-0.2, 0) is 4.79 Å². The third-order valence-electron chi connectivity index (χ3n) is 4.81. The van der Waals surface area contributed by atoms with Crippen molar-refractivity contribution in [2.45, 2.75) is 31.5 Å². The summed E-state index contributed by atoms with van der Waals surface area (Å²) >= 11 is 0. The van der Waals surface area contributed by atoms with Crippen LogP contribution in [0.15, 0.2) is 60.7 Å². The molecule has 0 aliphatic heterocycles. The van der Waals surface area contributed by atoms with Crippen LogP contribution >= 0.6 is 0 Å². The van der Waals surface area contributed by atoms with Crippen LogP contribution in [0.5, 0.6) is 0 Å². The maximum Gasteiger partial charge on any atom is 0.144 e. The zero-order valence-corrected chi connectivity index (χ0v) is 13.0. The maximum absolute atomic E-state index is 12.8. The first-order valence-electron chi connectivity index (χ1n) is 8.18. The van der Waals surface area contributed by atoms with E-state index in [1.807, 2.05) is 60.7 Å². The van der Waals surface area contributed by atoms with Crippen LogP contribution in [-0.4, -0.2) is 16.0 Å². The molecule has 2 aromatic carbocycles. The molecule has 1 aliphatic rings. The SMILES string of the molecule is O=C1[C@H]([C@@H](O)c2ccccc2)CCC[C@@H]1[C@H](O)c1ccccc1. The van der Waals surface area contributed by atoms with Crippen LogP contribution in [0.3, 0.4) is 0 Å². The second-order valence-electron chi connectivity index (χ2n) is 6.26. The minimum absolute atomic E-state index is 0.0241. The molecule has 0 bridgehead atoms. The summed E-state index contributed by atoms with van der Waals surface area (Å²) in [6.07, 6.45) is 0.596. The first-order valence-corrected chi connectivity index (χ1v) is 8.18. The third kappa shape index (κ3) is 3.36. The van der Waals surface area contributed by atoms with Gasteiger partial charge in [0.1, 0.15) is 5.78 Å². The van der Waals surface area contributed by atoms with Crippen LogP contribution in [0.4, 0.5) is 0 Å². The first-order chi connectivity index (χ1) is 11.2. The molecule has 0 heterocycles. The van der Waals surface area contributed by atoms with E-state index >= 15 is 0 Å². The van der Waals surface area contributed by atoms with Crippen LogP contribution < -0.4 is 0 Å². The molecule has 23 heavy (non-hydrogen) atoms. The van der Waals surface area contributed by atoms with Gasteiger partial charge in [0.15, 0.2) is 0 Å². The van der Waals surface area contributed by atoms with Gasteiger partial charge in [-0.15, -0.1) is 0 Å². The lowest BCUT2D eigenvalue weighted by molar-refractivity contribution is -0.138. The van der Waals surface area contributed by atoms with E-state index in [0.29, 0.717) is 12.8 Å². The molecule has 0 aromatic heterocycles. The molecule has 2 N–H and O–H groups in total. The van der Waals surface area contributed by atoms with Crippen molar-refractivity contribution in [1.82, 2.24) is 0 Å². The zero-order valence-electron chi connectivity index (χ0n) is 13.0. The topological polar surface area (TPSA) is 57.5 Å².